The number of anilines is 1. The van der Waals surface area contributed by atoms with Crippen LogP contribution >= 0.6 is 11.3 Å². The highest BCUT2D eigenvalue weighted by Crippen LogP contribution is 2.28. The van der Waals surface area contributed by atoms with Crippen molar-refractivity contribution >= 4 is 34.2 Å². The fraction of sp³-hybridized carbons (Fsp3) is 0.364. The molecular weight excluding hydrogens is 368 g/mol. The lowest BCUT2D eigenvalue weighted by Gasteiger charge is -2.32. The number of nitrogens with zero attached hydrogens (tertiary/aromatic N) is 3. The summed E-state index contributed by atoms with van der Waals surface area (Å²) in [7, 11) is 0. The molecule has 2 aromatic heterocycles. The quantitative estimate of drug-likeness (QED) is 0.631. The molecule has 4 rings (SSSR count). The van der Waals surface area contributed by atoms with Gasteiger partial charge in [-0.15, -0.1) is 17.9 Å². The molecule has 1 aliphatic heterocycles. The third kappa shape index (κ3) is 3.69. The first-order valence-corrected chi connectivity index (χ1v) is 10.7. The number of para-hydroxylation sites is 2. The van der Waals surface area contributed by atoms with Gasteiger partial charge in [-0.25, -0.2) is 4.98 Å². The van der Waals surface area contributed by atoms with E-state index in [1.165, 1.54) is 4.88 Å². The first-order valence-electron chi connectivity index (χ1n) is 9.82. The van der Waals surface area contributed by atoms with Crippen LogP contribution in [0.3, 0.4) is 0 Å². The van der Waals surface area contributed by atoms with Crippen molar-refractivity contribution in [2.75, 3.05) is 18.0 Å². The molecule has 5 nitrogen and oxygen atoms in total. The SMILES string of the molecule is C=CCn1c(N2CCC(C(=O)NC(C)c3cccs3)CC2)nc2ccccc21. The van der Waals surface area contributed by atoms with Gasteiger partial charge in [0.2, 0.25) is 11.9 Å². The highest BCUT2D eigenvalue weighted by molar-refractivity contribution is 7.10. The molecule has 1 fully saturated rings. The van der Waals surface area contributed by atoms with Crippen LogP contribution in [0.15, 0.2) is 54.4 Å². The molecule has 0 radical (unpaired) electrons. The summed E-state index contributed by atoms with van der Waals surface area (Å²) in [6.07, 6.45) is 3.60. The minimum absolute atomic E-state index is 0.0656. The van der Waals surface area contributed by atoms with Crippen molar-refractivity contribution < 1.29 is 4.79 Å². The van der Waals surface area contributed by atoms with E-state index in [2.05, 4.69) is 40.4 Å². The molecule has 1 saturated heterocycles. The monoisotopic (exact) mass is 394 g/mol. The Hall–Kier alpha value is -2.60. The number of nitrogens with one attached hydrogen (secondary N) is 1. The summed E-state index contributed by atoms with van der Waals surface area (Å²) in [5.74, 6) is 1.21. The maximum atomic E-state index is 12.7. The van der Waals surface area contributed by atoms with Gasteiger partial charge in [-0.05, 0) is 43.3 Å². The third-order valence-corrected chi connectivity index (χ3v) is 6.48. The van der Waals surface area contributed by atoms with Crippen LogP contribution in [0.2, 0.25) is 0 Å². The first-order chi connectivity index (χ1) is 13.7. The Labute approximate surface area is 169 Å². The maximum Gasteiger partial charge on any atom is 0.223 e. The van der Waals surface area contributed by atoms with E-state index in [4.69, 9.17) is 4.98 Å². The van der Waals surface area contributed by atoms with Crippen LogP contribution in [0.4, 0.5) is 5.95 Å². The zero-order valence-corrected chi connectivity index (χ0v) is 17.0. The lowest BCUT2D eigenvalue weighted by Crippen LogP contribution is -2.42. The zero-order chi connectivity index (χ0) is 19.5. The van der Waals surface area contributed by atoms with Crippen molar-refractivity contribution in [1.29, 1.82) is 0 Å². The molecule has 1 aromatic carbocycles. The first kappa shape index (κ1) is 18.7. The normalized spacial score (nSPS) is 16.2. The maximum absolute atomic E-state index is 12.7. The summed E-state index contributed by atoms with van der Waals surface area (Å²) in [6, 6.07) is 12.4. The molecule has 1 unspecified atom stereocenters. The Kier molecular flexibility index (Phi) is 5.48. The summed E-state index contributed by atoms with van der Waals surface area (Å²) in [5.41, 5.74) is 2.13. The van der Waals surface area contributed by atoms with E-state index in [-0.39, 0.29) is 17.9 Å². The molecular formula is C22H26N4OS. The number of allylic oxidation sites excluding steroid dienone is 1. The fourth-order valence-electron chi connectivity index (χ4n) is 3.89. The van der Waals surface area contributed by atoms with Gasteiger partial charge in [0.25, 0.3) is 0 Å². The third-order valence-electron chi connectivity index (χ3n) is 5.42. The van der Waals surface area contributed by atoms with Crippen LogP contribution in [0, 0.1) is 5.92 Å². The largest absolute Gasteiger partial charge is 0.349 e. The van der Waals surface area contributed by atoms with E-state index in [1.54, 1.807) is 11.3 Å². The van der Waals surface area contributed by atoms with Crippen molar-refractivity contribution in [1.82, 2.24) is 14.9 Å². The second-order valence-corrected chi connectivity index (χ2v) is 8.29. The molecule has 146 valence electrons. The summed E-state index contributed by atoms with van der Waals surface area (Å²) in [6.45, 7) is 8.35. The van der Waals surface area contributed by atoms with Crippen LogP contribution in [0.25, 0.3) is 11.0 Å². The van der Waals surface area contributed by atoms with Crippen LogP contribution in [-0.4, -0.2) is 28.5 Å². The molecule has 1 atom stereocenters. The van der Waals surface area contributed by atoms with Crippen molar-refractivity contribution in [2.24, 2.45) is 5.92 Å². The smallest absolute Gasteiger partial charge is 0.223 e. The number of amides is 1. The van der Waals surface area contributed by atoms with Gasteiger partial charge in [0.15, 0.2) is 0 Å². The van der Waals surface area contributed by atoms with Gasteiger partial charge in [0, 0.05) is 30.4 Å². The number of piperidine rings is 1. The predicted octanol–water partition coefficient (Wildman–Crippen LogP) is 4.38. The molecule has 0 spiro atoms. The topological polar surface area (TPSA) is 50.2 Å². The Bertz CT molecular complexity index is 954. The van der Waals surface area contributed by atoms with E-state index in [9.17, 15) is 4.79 Å². The molecule has 1 aliphatic rings. The number of aromatic nitrogens is 2. The van der Waals surface area contributed by atoms with Gasteiger partial charge in [-0.1, -0.05) is 24.3 Å². The number of hydrogen-bond acceptors (Lipinski definition) is 4. The average molecular weight is 395 g/mol. The standard InChI is InChI=1S/C22H26N4OS/c1-3-12-26-19-8-5-4-7-18(19)24-22(26)25-13-10-17(11-14-25)21(27)23-16(2)20-9-6-15-28-20/h3-9,15-17H,1,10-14H2,2H3,(H,23,27). The lowest BCUT2D eigenvalue weighted by atomic mass is 9.95. The Balaban J connectivity index is 1.43. The van der Waals surface area contributed by atoms with Crippen LogP contribution in [0.1, 0.15) is 30.7 Å². The summed E-state index contributed by atoms with van der Waals surface area (Å²) >= 11 is 1.68. The number of thiophene rings is 1. The van der Waals surface area contributed by atoms with E-state index >= 15 is 0 Å². The minimum Gasteiger partial charge on any atom is -0.349 e. The number of imidazole rings is 1. The van der Waals surface area contributed by atoms with Gasteiger partial charge < -0.3 is 14.8 Å². The molecule has 1 N–H and O–H groups in total. The lowest BCUT2D eigenvalue weighted by molar-refractivity contribution is -0.126. The summed E-state index contributed by atoms with van der Waals surface area (Å²) < 4.78 is 2.21. The van der Waals surface area contributed by atoms with E-state index in [0.29, 0.717) is 0 Å². The molecule has 3 heterocycles. The van der Waals surface area contributed by atoms with E-state index < -0.39 is 0 Å². The Morgan fingerprint density at radius 1 is 1.32 bits per heavy atom. The second-order valence-electron chi connectivity index (χ2n) is 7.31. The van der Waals surface area contributed by atoms with Crippen LogP contribution in [-0.2, 0) is 11.3 Å². The number of carbonyl (C=O) groups is 1. The number of hydrogen-bond donors (Lipinski definition) is 1. The van der Waals surface area contributed by atoms with Crippen molar-refractivity contribution in [2.45, 2.75) is 32.4 Å². The van der Waals surface area contributed by atoms with Gasteiger partial charge in [-0.2, -0.15) is 0 Å². The van der Waals surface area contributed by atoms with Crippen LogP contribution < -0.4 is 10.2 Å². The molecule has 1 amide bonds. The number of carbonyl (C=O) groups excluding carboxylic acids is 1. The Morgan fingerprint density at radius 2 is 2.11 bits per heavy atom. The summed E-state index contributed by atoms with van der Waals surface area (Å²) in [4.78, 5) is 21.0. The van der Waals surface area contributed by atoms with E-state index in [0.717, 1.165) is 49.5 Å². The van der Waals surface area contributed by atoms with Gasteiger partial charge in [-0.3, -0.25) is 4.79 Å². The van der Waals surface area contributed by atoms with Crippen LogP contribution in [0.5, 0.6) is 0 Å². The number of rotatable bonds is 6. The summed E-state index contributed by atoms with van der Waals surface area (Å²) in [5, 5.41) is 5.23. The Morgan fingerprint density at radius 3 is 2.82 bits per heavy atom. The molecule has 3 aromatic rings. The average Bonchev–Trinajstić information content (AvgIpc) is 3.37. The van der Waals surface area contributed by atoms with Crippen molar-refractivity contribution in [3.05, 3.63) is 59.3 Å². The molecule has 28 heavy (non-hydrogen) atoms. The molecule has 0 saturated carbocycles. The van der Waals surface area contributed by atoms with Gasteiger partial charge >= 0.3 is 0 Å². The van der Waals surface area contributed by atoms with Gasteiger partial charge in [0.05, 0.1) is 17.1 Å². The number of benzene rings is 1. The van der Waals surface area contributed by atoms with Crippen molar-refractivity contribution in [3.63, 3.8) is 0 Å². The highest BCUT2D eigenvalue weighted by Gasteiger charge is 2.28. The molecule has 6 heteroatoms. The molecule has 0 bridgehead atoms. The van der Waals surface area contributed by atoms with Gasteiger partial charge in [0.1, 0.15) is 0 Å². The minimum atomic E-state index is 0.0656. The number of fused-ring (bicyclic) bond motifs is 1. The molecule has 0 aliphatic carbocycles. The fourth-order valence-corrected chi connectivity index (χ4v) is 4.63. The van der Waals surface area contributed by atoms with Crippen molar-refractivity contribution in [3.8, 4) is 0 Å². The predicted molar refractivity (Wildman–Crippen MR) is 116 cm³/mol. The van der Waals surface area contributed by atoms with E-state index in [1.807, 2.05) is 35.7 Å². The zero-order valence-electron chi connectivity index (χ0n) is 16.2. The second kappa shape index (κ2) is 8.19. The highest BCUT2D eigenvalue weighted by atomic mass is 32.1.